The van der Waals surface area contributed by atoms with Gasteiger partial charge in [0.05, 0.1) is 6.21 Å². The summed E-state index contributed by atoms with van der Waals surface area (Å²) in [4.78, 5) is 4.82. The smallest absolute Gasteiger partial charge is 0.135 e. The van der Waals surface area contributed by atoms with Crippen LogP contribution in [-0.4, -0.2) is 12.8 Å². The zero-order valence-corrected chi connectivity index (χ0v) is 7.97. The molecule has 0 unspecified atom stereocenters. The average Bonchev–Trinajstić information content (AvgIpc) is 2.25. The third-order valence-electron chi connectivity index (χ3n) is 1.50. The highest BCUT2D eigenvalue weighted by atomic mass is 16.6. The first-order valence-corrected chi connectivity index (χ1v) is 4.41. The molecule has 0 atom stereocenters. The van der Waals surface area contributed by atoms with Gasteiger partial charge in [0.2, 0.25) is 0 Å². The predicted molar refractivity (Wildman–Crippen MR) is 60.1 cm³/mol. The number of benzene rings is 1. The Balaban J connectivity index is 2.34. The van der Waals surface area contributed by atoms with Crippen LogP contribution in [0.2, 0.25) is 0 Å². The number of oxime groups is 1. The first kappa shape index (κ1) is 10.3. The van der Waals surface area contributed by atoms with Gasteiger partial charge in [-0.05, 0) is 11.6 Å². The first-order chi connectivity index (χ1) is 6.93. The minimum Gasteiger partial charge on any atom is -0.392 e. The van der Waals surface area contributed by atoms with Gasteiger partial charge in [0, 0.05) is 0 Å². The van der Waals surface area contributed by atoms with Crippen LogP contribution in [0.25, 0.3) is 6.08 Å². The molecule has 0 N–H and O–H groups in total. The highest BCUT2D eigenvalue weighted by Crippen LogP contribution is 1.99. The van der Waals surface area contributed by atoms with E-state index in [1.54, 1.807) is 12.3 Å². The molecular weight excluding hydrogens is 174 g/mol. The van der Waals surface area contributed by atoms with E-state index in [0.717, 1.165) is 5.56 Å². The van der Waals surface area contributed by atoms with Crippen molar-refractivity contribution in [3.63, 3.8) is 0 Å². The monoisotopic (exact) mass is 187 g/mol. The normalized spacial score (nSPS) is 10.9. The molecule has 1 aromatic carbocycles. The molecule has 1 aromatic rings. The summed E-state index contributed by atoms with van der Waals surface area (Å²) in [5.74, 6) is 0. The fraction of sp³-hybridized carbons (Fsp3) is 0.0833. The Morgan fingerprint density at radius 3 is 2.79 bits per heavy atom. The fourth-order valence-corrected chi connectivity index (χ4v) is 0.892. The van der Waals surface area contributed by atoms with Gasteiger partial charge < -0.3 is 4.84 Å². The van der Waals surface area contributed by atoms with Crippen molar-refractivity contribution in [1.82, 2.24) is 0 Å². The highest BCUT2D eigenvalue weighted by Gasteiger charge is 1.79. The Morgan fingerprint density at radius 2 is 2.07 bits per heavy atom. The van der Waals surface area contributed by atoms with E-state index in [1.165, 1.54) is 0 Å². The molecule has 72 valence electrons. The summed E-state index contributed by atoms with van der Waals surface area (Å²) < 4.78 is 0. The molecule has 0 aromatic heterocycles. The molecule has 0 saturated heterocycles. The van der Waals surface area contributed by atoms with Crippen molar-refractivity contribution in [1.29, 1.82) is 0 Å². The second kappa shape index (κ2) is 6.66. The van der Waals surface area contributed by atoms with Crippen LogP contribution in [-0.2, 0) is 4.84 Å². The molecule has 0 aliphatic carbocycles. The molecule has 0 spiro atoms. The van der Waals surface area contributed by atoms with E-state index in [0.29, 0.717) is 6.61 Å². The fourth-order valence-electron chi connectivity index (χ4n) is 0.892. The Hall–Kier alpha value is -1.83. The van der Waals surface area contributed by atoms with E-state index in [-0.39, 0.29) is 0 Å². The molecule has 2 heteroatoms. The van der Waals surface area contributed by atoms with Crippen LogP contribution in [0, 0.1) is 0 Å². The van der Waals surface area contributed by atoms with Crippen LogP contribution < -0.4 is 0 Å². The number of rotatable bonds is 5. The van der Waals surface area contributed by atoms with Crippen LogP contribution in [0.4, 0.5) is 0 Å². The van der Waals surface area contributed by atoms with Crippen molar-refractivity contribution in [2.24, 2.45) is 5.16 Å². The molecule has 0 fully saturated rings. The predicted octanol–water partition coefficient (Wildman–Crippen LogP) is 2.89. The summed E-state index contributed by atoms with van der Waals surface area (Å²) in [5, 5.41) is 3.69. The molecule has 0 amide bonds. The minimum absolute atomic E-state index is 0.440. The van der Waals surface area contributed by atoms with E-state index < -0.39 is 0 Å². The lowest BCUT2D eigenvalue weighted by Gasteiger charge is -1.89. The summed E-state index contributed by atoms with van der Waals surface area (Å²) in [6.45, 7) is 3.95. The van der Waals surface area contributed by atoms with Crippen molar-refractivity contribution in [3.05, 3.63) is 54.6 Å². The topological polar surface area (TPSA) is 21.6 Å². The van der Waals surface area contributed by atoms with E-state index in [1.807, 2.05) is 42.5 Å². The Labute approximate surface area is 84.2 Å². The molecule has 1 rings (SSSR count). The SMILES string of the molecule is C=CCO/N=C/C=C/c1ccccc1. The molecule has 2 nitrogen and oxygen atoms in total. The lowest BCUT2D eigenvalue weighted by atomic mass is 10.2. The van der Waals surface area contributed by atoms with Crippen molar-refractivity contribution in [2.45, 2.75) is 0 Å². The summed E-state index contributed by atoms with van der Waals surface area (Å²) >= 11 is 0. The van der Waals surface area contributed by atoms with Gasteiger partial charge in [0.15, 0.2) is 0 Å². The van der Waals surface area contributed by atoms with Crippen molar-refractivity contribution in [2.75, 3.05) is 6.61 Å². The van der Waals surface area contributed by atoms with E-state index in [2.05, 4.69) is 11.7 Å². The number of allylic oxidation sites excluding steroid dienone is 1. The summed E-state index contributed by atoms with van der Waals surface area (Å²) in [7, 11) is 0. The van der Waals surface area contributed by atoms with Crippen molar-refractivity contribution in [3.8, 4) is 0 Å². The number of nitrogens with zero attached hydrogens (tertiary/aromatic N) is 1. The van der Waals surface area contributed by atoms with E-state index in [4.69, 9.17) is 4.84 Å². The second-order valence-corrected chi connectivity index (χ2v) is 2.61. The maximum absolute atomic E-state index is 4.82. The maximum Gasteiger partial charge on any atom is 0.135 e. The molecule has 14 heavy (non-hydrogen) atoms. The largest absolute Gasteiger partial charge is 0.392 e. The van der Waals surface area contributed by atoms with Crippen LogP contribution >= 0.6 is 0 Å². The lowest BCUT2D eigenvalue weighted by Crippen LogP contribution is -1.79. The van der Waals surface area contributed by atoms with Crippen LogP contribution in [0.15, 0.2) is 54.2 Å². The van der Waals surface area contributed by atoms with Gasteiger partial charge in [-0.2, -0.15) is 0 Å². The molecule has 0 heterocycles. The maximum atomic E-state index is 4.82. The number of hydrogen-bond acceptors (Lipinski definition) is 2. The molecule has 0 radical (unpaired) electrons. The molecule has 0 aliphatic rings. The van der Waals surface area contributed by atoms with Gasteiger partial charge >= 0.3 is 0 Å². The minimum atomic E-state index is 0.440. The highest BCUT2D eigenvalue weighted by molar-refractivity contribution is 5.77. The third kappa shape index (κ3) is 4.26. The van der Waals surface area contributed by atoms with Crippen LogP contribution in [0.1, 0.15) is 5.56 Å². The summed E-state index contributed by atoms with van der Waals surface area (Å²) in [5.41, 5.74) is 1.14. The quantitative estimate of drug-likeness (QED) is 0.300. The average molecular weight is 187 g/mol. The molecular formula is C12H13NO. The summed E-state index contributed by atoms with van der Waals surface area (Å²) in [6, 6.07) is 10.0. The summed E-state index contributed by atoms with van der Waals surface area (Å²) in [6.07, 6.45) is 7.05. The van der Waals surface area contributed by atoms with Crippen molar-refractivity contribution < 1.29 is 4.84 Å². The zero-order valence-electron chi connectivity index (χ0n) is 7.97. The van der Waals surface area contributed by atoms with Gasteiger partial charge in [0.25, 0.3) is 0 Å². The van der Waals surface area contributed by atoms with Crippen molar-refractivity contribution >= 4 is 12.3 Å². The van der Waals surface area contributed by atoms with Gasteiger partial charge in [-0.15, -0.1) is 0 Å². The standard InChI is InChI=1S/C12H13NO/c1-2-11-14-13-10-6-9-12-7-4-3-5-8-12/h2-10H,1,11H2/b9-6+,13-10+. The number of hydrogen-bond donors (Lipinski definition) is 0. The molecule has 0 aliphatic heterocycles. The van der Waals surface area contributed by atoms with Gasteiger partial charge in [-0.25, -0.2) is 0 Å². The second-order valence-electron chi connectivity index (χ2n) is 2.61. The van der Waals surface area contributed by atoms with E-state index in [9.17, 15) is 0 Å². The van der Waals surface area contributed by atoms with Gasteiger partial charge in [-0.3, -0.25) is 0 Å². The first-order valence-electron chi connectivity index (χ1n) is 4.41. The molecule has 0 saturated carbocycles. The Bertz CT molecular complexity index is 314. The Morgan fingerprint density at radius 1 is 1.29 bits per heavy atom. The molecule has 0 bridgehead atoms. The van der Waals surface area contributed by atoms with Gasteiger partial charge in [0.1, 0.15) is 6.61 Å². The van der Waals surface area contributed by atoms with Crippen LogP contribution in [0.3, 0.4) is 0 Å². The lowest BCUT2D eigenvalue weighted by molar-refractivity contribution is 0.177. The van der Waals surface area contributed by atoms with Crippen LogP contribution in [0.5, 0.6) is 0 Å². The zero-order chi connectivity index (χ0) is 10.1. The Kier molecular flexibility index (Phi) is 4.88. The third-order valence-corrected chi connectivity index (χ3v) is 1.50. The van der Waals surface area contributed by atoms with Gasteiger partial charge in [-0.1, -0.05) is 54.2 Å². The van der Waals surface area contributed by atoms with E-state index >= 15 is 0 Å².